The van der Waals surface area contributed by atoms with Crippen LogP contribution >= 0.6 is 0 Å². The van der Waals surface area contributed by atoms with Crippen molar-refractivity contribution in [3.8, 4) is 11.4 Å². The lowest BCUT2D eigenvalue weighted by Gasteiger charge is -2.35. The quantitative estimate of drug-likeness (QED) is 0.443. The second-order valence-corrected chi connectivity index (χ2v) is 9.73. The number of rotatable bonds is 6. The number of hydrogen-bond acceptors (Lipinski definition) is 7. The summed E-state index contributed by atoms with van der Waals surface area (Å²) in [4.78, 5) is 21.4. The van der Waals surface area contributed by atoms with Gasteiger partial charge in [-0.05, 0) is 30.7 Å². The van der Waals surface area contributed by atoms with Gasteiger partial charge in [-0.3, -0.25) is 9.20 Å². The Kier molecular flexibility index (Phi) is 5.37. The monoisotopic (exact) mass is 488 g/mol. The van der Waals surface area contributed by atoms with E-state index in [4.69, 9.17) is 4.52 Å². The third kappa shape index (κ3) is 3.82. The number of pyridine rings is 1. The number of hydrogen-bond donors (Lipinski definition) is 1. The molecule has 1 aromatic carbocycles. The Morgan fingerprint density at radius 2 is 2.03 bits per heavy atom. The first kappa shape index (κ1) is 22.1. The van der Waals surface area contributed by atoms with Crippen LogP contribution in [0.15, 0.2) is 53.3 Å². The summed E-state index contributed by atoms with van der Waals surface area (Å²) in [6.45, 7) is 1.54. The molecule has 5 rings (SSSR count). The number of fused-ring (bicyclic) bond motifs is 1. The molecule has 1 aliphatic heterocycles. The van der Waals surface area contributed by atoms with Gasteiger partial charge in [-0.15, -0.1) is 0 Å². The minimum atomic E-state index is -4.62. The predicted molar refractivity (Wildman–Crippen MR) is 117 cm³/mol. The van der Waals surface area contributed by atoms with E-state index in [0.717, 1.165) is 5.56 Å². The number of imidazole rings is 1. The molecule has 4 heterocycles. The normalized spacial score (nSPS) is 15.1. The number of carbonyl (C=O) groups is 1. The minimum Gasteiger partial charge on any atom is -0.339 e. The van der Waals surface area contributed by atoms with Gasteiger partial charge in [0.25, 0.3) is 15.9 Å². The lowest BCUT2D eigenvalue weighted by Crippen LogP contribution is -2.50. The van der Waals surface area contributed by atoms with Crippen LogP contribution in [-0.2, 0) is 10.0 Å². The van der Waals surface area contributed by atoms with Crippen LogP contribution in [-0.4, -0.2) is 57.0 Å². The Balaban J connectivity index is 1.33. The number of alkyl halides is 2. The van der Waals surface area contributed by atoms with Gasteiger partial charge in [0.05, 0.1) is 12.1 Å². The molecule has 0 radical (unpaired) electrons. The Labute approximate surface area is 192 Å². The number of carbonyl (C=O) groups excluding carboxylic acids is 1. The number of amides is 1. The maximum Gasteiger partial charge on any atom is 0.350 e. The second kappa shape index (κ2) is 8.25. The molecule has 34 heavy (non-hydrogen) atoms. The maximum atomic E-state index is 12.9. The highest BCUT2D eigenvalue weighted by atomic mass is 32.2. The summed E-state index contributed by atoms with van der Waals surface area (Å²) in [5, 5.41) is 6.79. The van der Waals surface area contributed by atoms with E-state index in [1.54, 1.807) is 40.9 Å². The first-order chi connectivity index (χ1) is 16.2. The van der Waals surface area contributed by atoms with Crippen molar-refractivity contribution in [2.24, 2.45) is 0 Å². The number of aromatic nitrogens is 4. The first-order valence-electron chi connectivity index (χ1n) is 10.2. The third-order valence-electron chi connectivity index (χ3n) is 5.62. The molecule has 0 aliphatic carbocycles. The summed E-state index contributed by atoms with van der Waals surface area (Å²) in [6, 6.07) is 10.7. The van der Waals surface area contributed by atoms with Crippen molar-refractivity contribution in [3.63, 3.8) is 0 Å². The minimum absolute atomic E-state index is 0.150. The standard InChI is InChI=1S/C21H18F2N6O4S/c1-12-5-6-13(8-15(12)25-19(30)16-9-24-17-4-2-3-7-29(16)17)18-26-20(33-27-18)14-10-28(11-14)34(31,32)21(22)23/h2-9,14,21H,10-11H2,1H3,(H,25,30). The van der Waals surface area contributed by atoms with Gasteiger partial charge in [0.1, 0.15) is 11.3 Å². The lowest BCUT2D eigenvalue weighted by atomic mass is 10.0. The molecule has 4 aromatic rings. The summed E-state index contributed by atoms with van der Waals surface area (Å²) in [5.41, 5.74) is 2.92. The zero-order chi connectivity index (χ0) is 24.0. The van der Waals surface area contributed by atoms with Crippen LogP contribution in [0.2, 0.25) is 0 Å². The molecule has 1 fully saturated rings. The summed E-state index contributed by atoms with van der Waals surface area (Å²) >= 11 is 0. The highest BCUT2D eigenvalue weighted by Crippen LogP contribution is 2.32. The van der Waals surface area contributed by atoms with Gasteiger partial charge in [-0.25, -0.2) is 13.4 Å². The molecule has 1 aliphatic rings. The van der Waals surface area contributed by atoms with Crippen LogP contribution in [0, 0.1) is 6.92 Å². The molecule has 3 aromatic heterocycles. The predicted octanol–water partition coefficient (Wildman–Crippen LogP) is 2.90. The highest BCUT2D eigenvalue weighted by molar-refractivity contribution is 7.89. The fourth-order valence-electron chi connectivity index (χ4n) is 3.62. The van der Waals surface area contributed by atoms with Gasteiger partial charge < -0.3 is 9.84 Å². The number of aryl methyl sites for hydroxylation is 1. The van der Waals surface area contributed by atoms with E-state index in [1.165, 1.54) is 6.20 Å². The summed E-state index contributed by atoms with van der Waals surface area (Å²) in [5.74, 6) is -3.88. The van der Waals surface area contributed by atoms with Gasteiger partial charge in [-0.1, -0.05) is 23.4 Å². The van der Waals surface area contributed by atoms with Crippen LogP contribution in [0.1, 0.15) is 27.9 Å². The molecule has 0 bridgehead atoms. The van der Waals surface area contributed by atoms with E-state index in [-0.39, 0.29) is 30.7 Å². The van der Waals surface area contributed by atoms with Crippen molar-refractivity contribution in [1.82, 2.24) is 23.8 Å². The van der Waals surface area contributed by atoms with E-state index >= 15 is 0 Å². The molecular weight excluding hydrogens is 470 g/mol. The van der Waals surface area contributed by atoms with Gasteiger partial charge in [-0.2, -0.15) is 18.1 Å². The number of nitrogens with zero attached hydrogens (tertiary/aromatic N) is 5. The number of sulfonamides is 1. The van der Waals surface area contributed by atoms with Crippen molar-refractivity contribution in [1.29, 1.82) is 0 Å². The van der Waals surface area contributed by atoms with Crippen LogP contribution in [0.25, 0.3) is 17.0 Å². The largest absolute Gasteiger partial charge is 0.350 e. The Morgan fingerprint density at radius 1 is 1.24 bits per heavy atom. The van der Waals surface area contributed by atoms with Gasteiger partial charge in [0, 0.05) is 30.5 Å². The molecule has 1 N–H and O–H groups in total. The molecule has 0 saturated carbocycles. The van der Waals surface area contributed by atoms with Crippen molar-refractivity contribution in [2.45, 2.75) is 18.6 Å². The van der Waals surface area contributed by atoms with Gasteiger partial charge in [0.15, 0.2) is 0 Å². The van der Waals surface area contributed by atoms with Crippen molar-refractivity contribution in [3.05, 3.63) is 65.9 Å². The Bertz CT molecular complexity index is 1490. The van der Waals surface area contributed by atoms with Crippen LogP contribution < -0.4 is 5.32 Å². The zero-order valence-electron chi connectivity index (χ0n) is 17.7. The lowest BCUT2D eigenvalue weighted by molar-refractivity contribution is 0.102. The average molecular weight is 488 g/mol. The van der Waals surface area contributed by atoms with E-state index in [1.807, 2.05) is 13.0 Å². The van der Waals surface area contributed by atoms with Crippen LogP contribution in [0.3, 0.4) is 0 Å². The molecule has 0 unspecified atom stereocenters. The van der Waals surface area contributed by atoms with Crippen molar-refractivity contribution in [2.75, 3.05) is 18.4 Å². The number of benzene rings is 1. The van der Waals surface area contributed by atoms with Crippen molar-refractivity contribution >= 4 is 27.3 Å². The maximum absolute atomic E-state index is 12.9. The molecule has 0 atom stereocenters. The SMILES string of the molecule is Cc1ccc(-c2noc(C3CN(S(=O)(=O)C(F)F)C3)n2)cc1NC(=O)c1cnc2ccccn12. The topological polar surface area (TPSA) is 123 Å². The zero-order valence-corrected chi connectivity index (χ0v) is 18.5. The number of nitrogens with one attached hydrogen (secondary N) is 1. The van der Waals surface area contributed by atoms with Gasteiger partial charge >= 0.3 is 5.76 Å². The van der Waals surface area contributed by atoms with E-state index < -0.39 is 21.7 Å². The Morgan fingerprint density at radius 3 is 2.79 bits per heavy atom. The average Bonchev–Trinajstić information content (AvgIpc) is 3.41. The van der Waals surface area contributed by atoms with Crippen molar-refractivity contribution < 1.29 is 26.5 Å². The molecule has 1 saturated heterocycles. The van der Waals surface area contributed by atoms with E-state index in [9.17, 15) is 22.0 Å². The van der Waals surface area contributed by atoms with Crippen LogP contribution in [0.5, 0.6) is 0 Å². The molecule has 0 spiro atoms. The molecule has 1 amide bonds. The van der Waals surface area contributed by atoms with Crippen LogP contribution in [0.4, 0.5) is 14.5 Å². The van der Waals surface area contributed by atoms with Gasteiger partial charge in [0.2, 0.25) is 11.7 Å². The number of halogens is 2. The number of anilines is 1. The molecule has 13 heteroatoms. The highest BCUT2D eigenvalue weighted by Gasteiger charge is 2.43. The smallest absolute Gasteiger partial charge is 0.339 e. The second-order valence-electron chi connectivity index (χ2n) is 7.83. The molecular formula is C21H18F2N6O4S. The van der Waals surface area contributed by atoms with E-state index in [0.29, 0.717) is 26.9 Å². The third-order valence-corrected chi connectivity index (χ3v) is 7.09. The van der Waals surface area contributed by atoms with E-state index in [2.05, 4.69) is 20.4 Å². The Hall–Kier alpha value is -3.71. The molecule has 176 valence electrons. The first-order valence-corrected chi connectivity index (χ1v) is 11.7. The summed E-state index contributed by atoms with van der Waals surface area (Å²) in [6.07, 6.45) is 3.24. The summed E-state index contributed by atoms with van der Waals surface area (Å²) in [7, 11) is -4.62. The summed E-state index contributed by atoms with van der Waals surface area (Å²) < 4.78 is 55.9. The fraction of sp³-hybridized carbons (Fsp3) is 0.238. The molecule has 10 nitrogen and oxygen atoms in total. The fourth-order valence-corrected chi connectivity index (χ4v) is 4.62.